The number of carbonyl (C=O) groups excluding carboxylic acids is 1. The van der Waals surface area contributed by atoms with Gasteiger partial charge in [-0.1, -0.05) is 18.2 Å². The van der Waals surface area contributed by atoms with E-state index in [0.717, 1.165) is 29.4 Å². The molecular weight excluding hydrogens is 354 g/mol. The molecule has 26 heavy (non-hydrogen) atoms. The van der Waals surface area contributed by atoms with E-state index < -0.39 is 22.2 Å². The molecule has 0 amide bonds. The molecule has 7 nitrogen and oxygen atoms in total. The highest BCUT2D eigenvalue weighted by atomic mass is 32.2. The highest BCUT2D eigenvalue weighted by Crippen LogP contribution is 2.31. The highest BCUT2D eigenvalue weighted by Gasteiger charge is 2.41. The number of rotatable bonds is 3. The van der Waals surface area contributed by atoms with Gasteiger partial charge in [0.05, 0.1) is 13.7 Å². The Kier molecular flexibility index (Phi) is 4.50. The maximum Gasteiger partial charge on any atom is 0.324 e. The van der Waals surface area contributed by atoms with Crippen molar-refractivity contribution in [2.24, 2.45) is 0 Å². The number of methoxy groups -OCH3 is 1. The molecule has 0 aliphatic carbocycles. The fourth-order valence-corrected chi connectivity index (χ4v) is 5.85. The van der Waals surface area contributed by atoms with Crippen LogP contribution in [-0.4, -0.2) is 54.2 Å². The van der Waals surface area contributed by atoms with Crippen LogP contribution >= 0.6 is 0 Å². The van der Waals surface area contributed by atoms with Gasteiger partial charge < -0.3 is 9.72 Å². The van der Waals surface area contributed by atoms with Crippen molar-refractivity contribution in [1.29, 1.82) is 0 Å². The van der Waals surface area contributed by atoms with Crippen LogP contribution in [0.25, 0.3) is 10.9 Å². The summed E-state index contributed by atoms with van der Waals surface area (Å²) in [5.41, 5.74) is 3.16. The predicted molar refractivity (Wildman–Crippen MR) is 97.7 cm³/mol. The summed E-state index contributed by atoms with van der Waals surface area (Å²) in [4.78, 5) is 15.4. The topological polar surface area (TPSA) is 82.7 Å². The molecular formula is C18H23N3O4S. The Bertz CT molecular complexity index is 937. The first-order chi connectivity index (χ1) is 12.5. The van der Waals surface area contributed by atoms with E-state index in [1.807, 2.05) is 18.2 Å². The molecule has 2 aliphatic rings. The lowest BCUT2D eigenvalue weighted by Gasteiger charge is -2.37. The number of esters is 1. The zero-order valence-corrected chi connectivity index (χ0v) is 15.6. The summed E-state index contributed by atoms with van der Waals surface area (Å²) in [5.74, 6) is -0.475. The molecule has 0 unspecified atom stereocenters. The standard InChI is InChI=1S/C18H23N3O4S/c1-25-18(22)17-8-4-5-10-21(17)26(23,24)20-11-9-14-13-6-2-3-7-15(13)19-16(14)12-20/h2-3,6-7,17,19H,4-5,8-12H2,1H3/t17-/m1/s1. The van der Waals surface area contributed by atoms with Crippen LogP contribution in [0, 0.1) is 0 Å². The van der Waals surface area contributed by atoms with E-state index >= 15 is 0 Å². The summed E-state index contributed by atoms with van der Waals surface area (Å²) in [6, 6.07) is 7.31. The van der Waals surface area contributed by atoms with E-state index in [1.54, 1.807) is 0 Å². The number of H-pyrrole nitrogens is 1. The van der Waals surface area contributed by atoms with Crippen LogP contribution in [0.3, 0.4) is 0 Å². The number of hydrogen-bond donors (Lipinski definition) is 1. The van der Waals surface area contributed by atoms with Crippen molar-refractivity contribution in [1.82, 2.24) is 13.6 Å². The summed E-state index contributed by atoms with van der Waals surface area (Å²) in [6.45, 7) is 1.08. The van der Waals surface area contributed by atoms with Crippen molar-refractivity contribution in [2.45, 2.75) is 38.3 Å². The molecule has 1 aromatic carbocycles. The Hall–Kier alpha value is -1.90. The summed E-state index contributed by atoms with van der Waals surface area (Å²) in [6.07, 6.45) is 2.77. The molecule has 3 heterocycles. The Morgan fingerprint density at radius 1 is 1.23 bits per heavy atom. The third-order valence-corrected chi connectivity index (χ3v) is 7.39. The summed E-state index contributed by atoms with van der Waals surface area (Å²) in [5, 5.41) is 1.16. The lowest BCUT2D eigenvalue weighted by molar-refractivity contribution is -0.146. The minimum absolute atomic E-state index is 0.302. The molecule has 0 saturated carbocycles. The number of aromatic amines is 1. The number of nitrogens with zero attached hydrogens (tertiary/aromatic N) is 2. The Morgan fingerprint density at radius 3 is 2.85 bits per heavy atom. The smallest absolute Gasteiger partial charge is 0.324 e. The van der Waals surface area contributed by atoms with Crippen LogP contribution in [0.2, 0.25) is 0 Å². The van der Waals surface area contributed by atoms with Gasteiger partial charge in [0.1, 0.15) is 6.04 Å². The van der Waals surface area contributed by atoms with Gasteiger partial charge >= 0.3 is 5.97 Å². The second-order valence-electron chi connectivity index (χ2n) is 6.86. The quantitative estimate of drug-likeness (QED) is 0.827. The molecule has 0 radical (unpaired) electrons. The minimum Gasteiger partial charge on any atom is -0.468 e. The monoisotopic (exact) mass is 377 g/mol. The Morgan fingerprint density at radius 2 is 2.04 bits per heavy atom. The molecule has 1 N–H and O–H groups in total. The number of piperidine rings is 1. The number of para-hydroxylation sites is 1. The van der Waals surface area contributed by atoms with Gasteiger partial charge in [0.25, 0.3) is 10.2 Å². The molecule has 4 rings (SSSR count). The number of carbonyl (C=O) groups is 1. The van der Waals surface area contributed by atoms with Gasteiger partial charge in [-0.05, 0) is 37.3 Å². The van der Waals surface area contributed by atoms with Crippen molar-refractivity contribution in [2.75, 3.05) is 20.2 Å². The van der Waals surface area contributed by atoms with E-state index in [1.165, 1.54) is 21.3 Å². The fraction of sp³-hybridized carbons (Fsp3) is 0.500. The van der Waals surface area contributed by atoms with Gasteiger partial charge in [0.2, 0.25) is 0 Å². The molecule has 1 fully saturated rings. The van der Waals surface area contributed by atoms with Crippen molar-refractivity contribution >= 4 is 27.1 Å². The summed E-state index contributed by atoms with van der Waals surface area (Å²) in [7, 11) is -2.42. The maximum atomic E-state index is 13.2. The van der Waals surface area contributed by atoms with Crippen molar-refractivity contribution < 1.29 is 17.9 Å². The fourth-order valence-electron chi connectivity index (χ4n) is 4.07. The van der Waals surface area contributed by atoms with E-state index in [-0.39, 0.29) is 0 Å². The Labute approximate surface area is 153 Å². The molecule has 1 saturated heterocycles. The summed E-state index contributed by atoms with van der Waals surface area (Å²) >= 11 is 0. The van der Waals surface area contributed by atoms with E-state index in [9.17, 15) is 13.2 Å². The zero-order valence-electron chi connectivity index (χ0n) is 14.8. The molecule has 140 valence electrons. The van der Waals surface area contributed by atoms with Crippen LogP contribution in [-0.2, 0) is 32.7 Å². The Balaban J connectivity index is 1.63. The van der Waals surface area contributed by atoms with E-state index in [4.69, 9.17) is 4.74 Å². The van der Waals surface area contributed by atoms with Gasteiger partial charge in [-0.25, -0.2) is 0 Å². The minimum atomic E-state index is -3.72. The van der Waals surface area contributed by atoms with Crippen molar-refractivity contribution in [3.8, 4) is 0 Å². The second kappa shape index (κ2) is 6.68. The van der Waals surface area contributed by atoms with Gasteiger partial charge in [-0.2, -0.15) is 17.0 Å². The van der Waals surface area contributed by atoms with Crippen LogP contribution < -0.4 is 0 Å². The zero-order chi connectivity index (χ0) is 18.3. The first kappa shape index (κ1) is 17.5. The van der Waals surface area contributed by atoms with Gasteiger partial charge in [-0.15, -0.1) is 0 Å². The summed E-state index contributed by atoms with van der Waals surface area (Å²) < 4.78 is 34.1. The normalized spacial score (nSPS) is 22.3. The molecule has 0 bridgehead atoms. The third kappa shape index (κ3) is 2.82. The van der Waals surface area contributed by atoms with E-state index in [2.05, 4.69) is 11.1 Å². The average molecular weight is 377 g/mol. The average Bonchev–Trinajstić information content (AvgIpc) is 3.05. The van der Waals surface area contributed by atoms with Crippen LogP contribution in [0.1, 0.15) is 30.5 Å². The third-order valence-electron chi connectivity index (χ3n) is 5.40. The van der Waals surface area contributed by atoms with E-state index in [0.29, 0.717) is 32.5 Å². The molecule has 2 aliphatic heterocycles. The number of benzene rings is 1. The first-order valence-corrected chi connectivity index (χ1v) is 10.4. The molecule has 0 spiro atoms. The number of ether oxygens (including phenoxy) is 1. The lowest BCUT2D eigenvalue weighted by atomic mass is 10.1. The SMILES string of the molecule is COC(=O)[C@H]1CCCCN1S(=O)(=O)N1CCc2c([nH]c3ccccc23)C1. The largest absolute Gasteiger partial charge is 0.468 e. The maximum absolute atomic E-state index is 13.2. The molecule has 1 aromatic heterocycles. The predicted octanol–water partition coefficient (Wildman–Crippen LogP) is 1.80. The molecule has 2 aromatic rings. The number of fused-ring (bicyclic) bond motifs is 3. The lowest BCUT2D eigenvalue weighted by Crippen LogP contribution is -2.54. The van der Waals surface area contributed by atoms with Gasteiger partial charge in [-0.3, -0.25) is 4.79 Å². The van der Waals surface area contributed by atoms with Crippen molar-refractivity contribution in [3.63, 3.8) is 0 Å². The van der Waals surface area contributed by atoms with Crippen LogP contribution in [0.15, 0.2) is 24.3 Å². The number of aromatic nitrogens is 1. The first-order valence-electron chi connectivity index (χ1n) is 8.95. The number of hydrogen-bond acceptors (Lipinski definition) is 4. The highest BCUT2D eigenvalue weighted by molar-refractivity contribution is 7.86. The van der Waals surface area contributed by atoms with Crippen LogP contribution in [0.5, 0.6) is 0 Å². The van der Waals surface area contributed by atoms with Crippen LogP contribution in [0.4, 0.5) is 0 Å². The van der Waals surface area contributed by atoms with Crippen molar-refractivity contribution in [3.05, 3.63) is 35.5 Å². The number of nitrogens with one attached hydrogen (secondary N) is 1. The second-order valence-corrected chi connectivity index (χ2v) is 8.75. The molecule has 8 heteroatoms. The van der Waals surface area contributed by atoms with Gasteiger partial charge in [0.15, 0.2) is 0 Å². The van der Waals surface area contributed by atoms with Gasteiger partial charge in [0, 0.05) is 29.7 Å². The molecule has 1 atom stereocenters.